The molecule has 1 aliphatic carbocycles. The molecule has 4 heterocycles. The first-order valence-electron chi connectivity index (χ1n) is 11.6. The van der Waals surface area contributed by atoms with Crippen molar-refractivity contribution in [3.63, 3.8) is 0 Å². The highest BCUT2D eigenvalue weighted by atomic mass is 16.5. The van der Waals surface area contributed by atoms with Gasteiger partial charge >= 0.3 is 0 Å². The van der Waals surface area contributed by atoms with E-state index in [2.05, 4.69) is 34.5 Å². The van der Waals surface area contributed by atoms with Crippen LogP contribution < -0.4 is 4.74 Å². The molecule has 0 atom stereocenters. The van der Waals surface area contributed by atoms with E-state index in [1.165, 1.54) is 5.69 Å². The second-order valence-corrected chi connectivity index (χ2v) is 9.87. The zero-order valence-corrected chi connectivity index (χ0v) is 19.5. The van der Waals surface area contributed by atoms with Crippen molar-refractivity contribution in [1.82, 2.24) is 19.4 Å². The van der Waals surface area contributed by atoms with E-state index in [1.54, 1.807) is 13.2 Å². The van der Waals surface area contributed by atoms with Crippen LogP contribution >= 0.6 is 0 Å². The highest BCUT2D eigenvalue weighted by Gasteiger charge is 2.49. The molecule has 7 nitrogen and oxygen atoms in total. The molecule has 1 spiro atoms. The number of ether oxygens (including phenoxy) is 1. The minimum atomic E-state index is -0.162. The van der Waals surface area contributed by atoms with Crippen LogP contribution in [0.3, 0.4) is 0 Å². The lowest BCUT2D eigenvalue weighted by atomic mass is 9.81. The molecule has 2 aromatic rings. The summed E-state index contributed by atoms with van der Waals surface area (Å²) in [5.41, 5.74) is 2.98. The molecule has 7 heteroatoms. The van der Waals surface area contributed by atoms with Crippen molar-refractivity contribution in [2.75, 3.05) is 33.8 Å². The summed E-state index contributed by atoms with van der Waals surface area (Å²) in [7, 11) is 3.78. The van der Waals surface area contributed by atoms with Crippen LogP contribution in [0.1, 0.15) is 65.0 Å². The number of hydrogen-bond donors (Lipinski definition) is 0. The van der Waals surface area contributed by atoms with E-state index in [4.69, 9.17) is 4.74 Å². The summed E-state index contributed by atoms with van der Waals surface area (Å²) in [5.74, 6) is 0.947. The number of amides is 1. The van der Waals surface area contributed by atoms with Crippen molar-refractivity contribution in [3.8, 4) is 5.75 Å². The molecule has 1 saturated carbocycles. The Morgan fingerprint density at radius 3 is 2.34 bits per heavy atom. The van der Waals surface area contributed by atoms with Crippen molar-refractivity contribution in [3.05, 3.63) is 47.0 Å². The summed E-state index contributed by atoms with van der Waals surface area (Å²) in [6.45, 7) is 7.03. The summed E-state index contributed by atoms with van der Waals surface area (Å²) < 4.78 is 7.53. The Bertz CT molecular complexity index is 1080. The highest BCUT2D eigenvalue weighted by Crippen LogP contribution is 2.49. The predicted molar refractivity (Wildman–Crippen MR) is 121 cm³/mol. The van der Waals surface area contributed by atoms with Gasteiger partial charge in [-0.05, 0) is 63.9 Å². The van der Waals surface area contributed by atoms with Crippen LogP contribution in [0.4, 0.5) is 0 Å². The molecule has 170 valence electrons. The predicted octanol–water partition coefficient (Wildman–Crippen LogP) is 3.26. The molecule has 5 rings (SSSR count). The fourth-order valence-corrected chi connectivity index (χ4v) is 5.46. The van der Waals surface area contributed by atoms with Gasteiger partial charge in [0.2, 0.25) is 0 Å². The van der Waals surface area contributed by atoms with Crippen LogP contribution in [-0.4, -0.2) is 64.8 Å². The molecule has 2 aliphatic heterocycles. The third kappa shape index (κ3) is 3.17. The van der Waals surface area contributed by atoms with Crippen molar-refractivity contribution in [2.24, 2.45) is 5.41 Å². The lowest BCUT2D eigenvalue weighted by Crippen LogP contribution is -2.56. The van der Waals surface area contributed by atoms with Gasteiger partial charge in [0.15, 0.2) is 5.78 Å². The summed E-state index contributed by atoms with van der Waals surface area (Å²) in [4.78, 5) is 35.0. The second kappa shape index (κ2) is 7.44. The van der Waals surface area contributed by atoms with E-state index < -0.39 is 0 Å². The van der Waals surface area contributed by atoms with Crippen LogP contribution in [0.5, 0.6) is 5.75 Å². The number of piperidine rings is 1. The minimum Gasteiger partial charge on any atom is -0.495 e. The van der Waals surface area contributed by atoms with E-state index in [9.17, 15) is 9.59 Å². The normalized spacial score (nSPS) is 21.3. The maximum absolute atomic E-state index is 13.1. The number of Topliss-reactive ketones (excluding diaryl/α,β-unsaturated/α-hetero) is 1. The van der Waals surface area contributed by atoms with E-state index in [1.807, 2.05) is 24.0 Å². The first-order chi connectivity index (χ1) is 15.3. The van der Waals surface area contributed by atoms with E-state index in [0.29, 0.717) is 24.5 Å². The number of likely N-dealkylation sites (N-methyl/N-ethyl adjacent to an activating group) is 1. The lowest BCUT2D eigenvalue weighted by Gasteiger charge is -2.50. The Morgan fingerprint density at radius 1 is 1.00 bits per heavy atom. The molecule has 0 bridgehead atoms. The van der Waals surface area contributed by atoms with Gasteiger partial charge in [0, 0.05) is 37.3 Å². The number of ketones is 1. The number of carbonyl (C=O) groups excluding carboxylic acids is 2. The molecule has 32 heavy (non-hydrogen) atoms. The second-order valence-electron chi connectivity index (χ2n) is 9.87. The molecule has 1 saturated heterocycles. The third-order valence-corrected chi connectivity index (χ3v) is 7.98. The van der Waals surface area contributed by atoms with Crippen LogP contribution in [0, 0.1) is 12.3 Å². The number of rotatable bonds is 4. The maximum Gasteiger partial charge on any atom is 0.272 e. The van der Waals surface area contributed by atoms with Gasteiger partial charge in [0.25, 0.3) is 5.91 Å². The van der Waals surface area contributed by atoms with E-state index in [0.717, 1.165) is 50.2 Å². The quantitative estimate of drug-likeness (QED) is 0.689. The summed E-state index contributed by atoms with van der Waals surface area (Å²) >= 11 is 0. The monoisotopic (exact) mass is 436 g/mol. The first-order valence-corrected chi connectivity index (χ1v) is 11.6. The molecular formula is C25H32N4O3. The van der Waals surface area contributed by atoms with Gasteiger partial charge in [-0.25, -0.2) is 4.98 Å². The van der Waals surface area contributed by atoms with Gasteiger partial charge < -0.3 is 14.2 Å². The van der Waals surface area contributed by atoms with Gasteiger partial charge in [0.1, 0.15) is 11.4 Å². The minimum absolute atomic E-state index is 0.0306. The van der Waals surface area contributed by atoms with Crippen molar-refractivity contribution < 1.29 is 14.3 Å². The molecule has 0 aromatic carbocycles. The molecule has 0 N–H and O–H groups in total. The van der Waals surface area contributed by atoms with Crippen molar-refractivity contribution in [2.45, 2.75) is 51.6 Å². The average molecular weight is 437 g/mol. The lowest BCUT2D eigenvalue weighted by molar-refractivity contribution is 0.0125. The Kier molecular flexibility index (Phi) is 4.93. The van der Waals surface area contributed by atoms with Crippen LogP contribution in [0.25, 0.3) is 0 Å². The van der Waals surface area contributed by atoms with Gasteiger partial charge in [-0.15, -0.1) is 0 Å². The van der Waals surface area contributed by atoms with Crippen LogP contribution in [0.15, 0.2) is 24.3 Å². The number of aryl methyl sites for hydroxylation is 1. The van der Waals surface area contributed by atoms with Crippen LogP contribution in [0.2, 0.25) is 0 Å². The molecule has 0 radical (unpaired) electrons. The molecule has 2 fully saturated rings. The van der Waals surface area contributed by atoms with E-state index in [-0.39, 0.29) is 22.6 Å². The Hall–Kier alpha value is -2.67. The van der Waals surface area contributed by atoms with Crippen molar-refractivity contribution in [1.29, 1.82) is 0 Å². The largest absolute Gasteiger partial charge is 0.495 e. The summed E-state index contributed by atoms with van der Waals surface area (Å²) in [5, 5.41) is 0. The highest BCUT2D eigenvalue weighted by molar-refractivity contribution is 6.01. The third-order valence-electron chi connectivity index (χ3n) is 7.98. The van der Waals surface area contributed by atoms with Gasteiger partial charge in [-0.3, -0.25) is 14.5 Å². The van der Waals surface area contributed by atoms with Crippen molar-refractivity contribution >= 4 is 11.7 Å². The first kappa shape index (κ1) is 21.2. The fourth-order valence-electron chi connectivity index (χ4n) is 5.46. The van der Waals surface area contributed by atoms with Gasteiger partial charge in [-0.1, -0.05) is 6.92 Å². The van der Waals surface area contributed by atoms with Gasteiger partial charge in [0.05, 0.1) is 24.0 Å². The average Bonchev–Trinajstić information content (AvgIpc) is 3.40. The SMILES string of the molecule is COc1ccc(C(=O)N2CCC3(CC2)c2ccc(C(=O)C4(C)CC4)n2CCN3C)nc1C. The summed E-state index contributed by atoms with van der Waals surface area (Å²) in [6, 6.07) is 7.73. The number of likely N-dealkylation sites (tertiary alicyclic amines) is 1. The van der Waals surface area contributed by atoms with Gasteiger partial charge in [-0.2, -0.15) is 0 Å². The number of methoxy groups -OCH3 is 1. The number of nitrogens with zero attached hydrogens (tertiary/aromatic N) is 4. The van der Waals surface area contributed by atoms with E-state index >= 15 is 0 Å². The smallest absolute Gasteiger partial charge is 0.272 e. The number of fused-ring (bicyclic) bond motifs is 2. The maximum atomic E-state index is 13.1. The number of aromatic nitrogens is 2. The topological polar surface area (TPSA) is 67.7 Å². The molecule has 2 aromatic heterocycles. The molecule has 0 unspecified atom stereocenters. The molecule has 3 aliphatic rings. The number of hydrogen-bond acceptors (Lipinski definition) is 5. The Labute approximate surface area is 189 Å². The fraction of sp³-hybridized carbons (Fsp3) is 0.560. The molecular weight excluding hydrogens is 404 g/mol. The number of pyridine rings is 1. The zero-order chi connectivity index (χ0) is 22.7. The molecule has 1 amide bonds. The summed E-state index contributed by atoms with van der Waals surface area (Å²) in [6.07, 6.45) is 3.68. The van der Waals surface area contributed by atoms with Crippen LogP contribution in [-0.2, 0) is 12.1 Å². The zero-order valence-electron chi connectivity index (χ0n) is 19.5. The Balaban J connectivity index is 1.37. The number of carbonyl (C=O) groups is 2. The standard InChI is InChI=1S/C25H32N4O3/c1-17-20(32-4)7-5-18(26-17)23(31)28-13-11-25(12-14-28)21-8-6-19(22(30)24(2)9-10-24)29(21)16-15-27(25)3/h5-8H,9-16H2,1-4H3. The Morgan fingerprint density at radius 2 is 1.72 bits per heavy atom.